The van der Waals surface area contributed by atoms with Gasteiger partial charge in [-0.3, -0.25) is 9.59 Å². The molecule has 40 heavy (non-hydrogen) atoms. The van der Waals surface area contributed by atoms with Crippen molar-refractivity contribution in [2.24, 2.45) is 0 Å². The van der Waals surface area contributed by atoms with Gasteiger partial charge >= 0.3 is 0 Å². The minimum atomic E-state index is -0.555. The standard InChI is InChI=1S/C32H34N4O4/c1-20-10-8-11-21(2)28(20)26-19-23(14-15-27(26)40-4)30-33-22(3)29(36(30)39)31(37)34-25-13-9-12-24(18-25)32(38)35-16-6-5-7-17-35/h8-15,18-19,33H,5-7,16-17H2,1-4H3,(H,34,37). The molecule has 1 fully saturated rings. The van der Waals surface area contributed by atoms with Crippen molar-refractivity contribution in [1.82, 2.24) is 9.88 Å². The molecule has 0 radical (unpaired) electrons. The maximum absolute atomic E-state index is 13.5. The SMILES string of the molecule is COc1ccc(-c2[nH]c(C)c(C(=O)Nc3cccc(C(=O)N4CCCCC4)c3)[n+]2[O-])cc1-c1c(C)cccc1C. The highest BCUT2D eigenvalue weighted by atomic mass is 16.5. The maximum atomic E-state index is 13.5. The van der Waals surface area contributed by atoms with Gasteiger partial charge < -0.3 is 20.2 Å². The number of anilines is 1. The molecule has 1 aliphatic heterocycles. The number of amides is 2. The minimum absolute atomic E-state index is 0.0350. The summed E-state index contributed by atoms with van der Waals surface area (Å²) in [7, 11) is 1.62. The van der Waals surface area contributed by atoms with Crippen molar-refractivity contribution in [2.45, 2.75) is 40.0 Å². The van der Waals surface area contributed by atoms with Crippen LogP contribution in [0, 0.1) is 26.0 Å². The molecule has 8 nitrogen and oxygen atoms in total. The summed E-state index contributed by atoms with van der Waals surface area (Å²) in [5, 5.41) is 16.3. The molecule has 1 aliphatic rings. The van der Waals surface area contributed by atoms with Gasteiger partial charge in [0.2, 0.25) is 5.69 Å². The van der Waals surface area contributed by atoms with E-state index in [4.69, 9.17) is 4.74 Å². The normalized spacial score (nSPS) is 13.2. The van der Waals surface area contributed by atoms with Crippen LogP contribution in [0.15, 0.2) is 60.7 Å². The molecule has 1 saturated heterocycles. The van der Waals surface area contributed by atoms with Gasteiger partial charge in [0.25, 0.3) is 17.6 Å². The summed E-state index contributed by atoms with van der Waals surface area (Å²) >= 11 is 0. The lowest BCUT2D eigenvalue weighted by Gasteiger charge is -2.26. The van der Waals surface area contributed by atoms with Crippen LogP contribution in [0.3, 0.4) is 0 Å². The Morgan fingerprint density at radius 2 is 1.65 bits per heavy atom. The lowest BCUT2D eigenvalue weighted by Crippen LogP contribution is -2.37. The average Bonchev–Trinajstić information content (AvgIpc) is 3.26. The number of hydrogen-bond donors (Lipinski definition) is 2. The van der Waals surface area contributed by atoms with Crippen LogP contribution >= 0.6 is 0 Å². The fraction of sp³-hybridized carbons (Fsp3) is 0.281. The number of imidazole rings is 1. The fourth-order valence-electron chi connectivity index (χ4n) is 5.49. The molecule has 206 valence electrons. The van der Waals surface area contributed by atoms with Crippen LogP contribution in [0.5, 0.6) is 5.75 Å². The Labute approximate surface area is 234 Å². The van der Waals surface area contributed by atoms with Crippen molar-refractivity contribution >= 4 is 17.5 Å². The summed E-state index contributed by atoms with van der Waals surface area (Å²) in [5.41, 5.74) is 6.09. The van der Waals surface area contributed by atoms with Gasteiger partial charge in [-0.15, -0.1) is 0 Å². The molecule has 0 aliphatic carbocycles. The number of rotatable bonds is 6. The van der Waals surface area contributed by atoms with E-state index in [9.17, 15) is 14.8 Å². The summed E-state index contributed by atoms with van der Waals surface area (Å²) in [4.78, 5) is 31.2. The Balaban J connectivity index is 1.44. The van der Waals surface area contributed by atoms with Crippen molar-refractivity contribution in [1.29, 1.82) is 0 Å². The summed E-state index contributed by atoms with van der Waals surface area (Å²) < 4.78 is 6.27. The van der Waals surface area contributed by atoms with E-state index in [1.165, 1.54) is 0 Å². The number of carbonyl (C=O) groups is 2. The first-order valence-corrected chi connectivity index (χ1v) is 13.6. The number of aromatic amines is 1. The molecule has 8 heteroatoms. The van der Waals surface area contributed by atoms with Crippen molar-refractivity contribution in [3.05, 3.63) is 93.9 Å². The lowest BCUT2D eigenvalue weighted by atomic mass is 9.93. The van der Waals surface area contributed by atoms with E-state index in [0.29, 0.717) is 33.0 Å². The van der Waals surface area contributed by atoms with Crippen LogP contribution in [-0.4, -0.2) is 41.9 Å². The molecule has 3 aromatic carbocycles. The molecule has 0 spiro atoms. The van der Waals surface area contributed by atoms with Crippen molar-refractivity contribution in [3.8, 4) is 28.3 Å². The number of nitrogens with zero attached hydrogens (tertiary/aromatic N) is 2. The van der Waals surface area contributed by atoms with Gasteiger partial charge in [-0.25, -0.2) is 9.71 Å². The highest BCUT2D eigenvalue weighted by Gasteiger charge is 2.27. The quantitative estimate of drug-likeness (QED) is 0.239. The molecule has 0 unspecified atom stereocenters. The first kappa shape index (κ1) is 27.0. The molecule has 2 heterocycles. The Morgan fingerprint density at radius 1 is 0.950 bits per heavy atom. The van der Waals surface area contributed by atoms with Crippen molar-refractivity contribution in [3.63, 3.8) is 0 Å². The highest BCUT2D eigenvalue weighted by Crippen LogP contribution is 2.37. The molecule has 0 bridgehead atoms. The third-order valence-electron chi connectivity index (χ3n) is 7.52. The largest absolute Gasteiger partial charge is 0.710 e. The van der Waals surface area contributed by atoms with Gasteiger partial charge in [0.1, 0.15) is 5.75 Å². The van der Waals surface area contributed by atoms with Gasteiger partial charge in [0.15, 0.2) is 5.69 Å². The van der Waals surface area contributed by atoms with E-state index in [0.717, 1.165) is 54.6 Å². The Kier molecular flexibility index (Phi) is 7.60. The predicted molar refractivity (Wildman–Crippen MR) is 156 cm³/mol. The molecule has 0 atom stereocenters. The third kappa shape index (κ3) is 5.17. The number of methoxy groups -OCH3 is 1. The number of benzene rings is 3. The predicted octanol–water partition coefficient (Wildman–Crippen LogP) is 5.79. The second-order valence-corrected chi connectivity index (χ2v) is 10.3. The molecule has 2 N–H and O–H groups in total. The zero-order chi connectivity index (χ0) is 28.4. The second-order valence-electron chi connectivity index (χ2n) is 10.3. The van der Waals surface area contributed by atoms with Gasteiger partial charge in [0, 0.05) is 36.8 Å². The number of aromatic nitrogens is 2. The van der Waals surface area contributed by atoms with Crippen molar-refractivity contribution in [2.75, 3.05) is 25.5 Å². The van der Waals surface area contributed by atoms with E-state index >= 15 is 0 Å². The van der Waals surface area contributed by atoms with E-state index in [-0.39, 0.29) is 17.4 Å². The van der Waals surface area contributed by atoms with E-state index < -0.39 is 5.91 Å². The maximum Gasteiger partial charge on any atom is 0.300 e. The number of hydrogen-bond acceptors (Lipinski definition) is 4. The van der Waals surface area contributed by atoms with Crippen LogP contribution in [0.4, 0.5) is 5.69 Å². The number of ether oxygens (including phenoxy) is 1. The monoisotopic (exact) mass is 538 g/mol. The van der Waals surface area contributed by atoms with Gasteiger partial charge in [0.05, 0.1) is 12.7 Å². The molecule has 0 saturated carbocycles. The van der Waals surface area contributed by atoms with E-state index in [2.05, 4.69) is 10.3 Å². The number of aryl methyl sites for hydroxylation is 3. The number of nitrogens with one attached hydrogen (secondary N) is 2. The van der Waals surface area contributed by atoms with E-state index in [1.807, 2.05) is 49.1 Å². The number of piperidine rings is 1. The topological polar surface area (TPSA) is 101 Å². The molecule has 4 aromatic rings. The van der Waals surface area contributed by atoms with E-state index in [1.54, 1.807) is 44.4 Å². The zero-order valence-electron chi connectivity index (χ0n) is 23.3. The van der Waals surface area contributed by atoms with Crippen LogP contribution in [0.1, 0.15) is 56.9 Å². The van der Waals surface area contributed by atoms with Gasteiger partial charge in [-0.2, -0.15) is 0 Å². The highest BCUT2D eigenvalue weighted by molar-refractivity contribution is 6.04. The fourth-order valence-corrected chi connectivity index (χ4v) is 5.49. The molecular weight excluding hydrogens is 504 g/mol. The Bertz CT molecular complexity index is 1560. The first-order valence-electron chi connectivity index (χ1n) is 13.6. The minimum Gasteiger partial charge on any atom is -0.710 e. The van der Waals surface area contributed by atoms with Gasteiger partial charge in [-0.05, 0) is 86.2 Å². The number of H-pyrrole nitrogens is 1. The Hall–Kier alpha value is -4.59. The Morgan fingerprint density at radius 3 is 2.35 bits per heavy atom. The van der Waals surface area contributed by atoms with Crippen molar-refractivity contribution < 1.29 is 19.1 Å². The second kappa shape index (κ2) is 11.3. The van der Waals surface area contributed by atoms with Crippen LogP contribution < -0.4 is 14.8 Å². The summed E-state index contributed by atoms with van der Waals surface area (Å²) in [6.07, 6.45) is 3.14. The number of carbonyl (C=O) groups excluding carboxylic acids is 2. The summed E-state index contributed by atoms with van der Waals surface area (Å²) in [6, 6.07) is 18.5. The van der Waals surface area contributed by atoms with Crippen LogP contribution in [0.25, 0.3) is 22.5 Å². The smallest absolute Gasteiger partial charge is 0.300 e. The van der Waals surface area contributed by atoms with Gasteiger partial charge in [-0.1, -0.05) is 24.3 Å². The lowest BCUT2D eigenvalue weighted by molar-refractivity contribution is -0.594. The molecule has 2 amide bonds. The zero-order valence-corrected chi connectivity index (χ0v) is 23.3. The molecule has 1 aromatic heterocycles. The van der Waals surface area contributed by atoms with Crippen LogP contribution in [-0.2, 0) is 0 Å². The van der Waals surface area contributed by atoms with Crippen LogP contribution in [0.2, 0.25) is 0 Å². The number of likely N-dealkylation sites (tertiary alicyclic amines) is 1. The molecular formula is C32H34N4O4. The molecule has 5 rings (SSSR count). The average molecular weight is 539 g/mol. The first-order chi connectivity index (χ1) is 19.3. The summed E-state index contributed by atoms with van der Waals surface area (Å²) in [6.45, 7) is 7.26. The summed E-state index contributed by atoms with van der Waals surface area (Å²) in [5.74, 6) is 0.348. The third-order valence-corrected chi connectivity index (χ3v) is 7.52.